The maximum atomic E-state index is 13.3. The molecule has 0 fully saturated rings. The molecule has 0 aliphatic carbocycles. The predicted molar refractivity (Wildman–Crippen MR) is 114 cm³/mol. The summed E-state index contributed by atoms with van der Waals surface area (Å²) in [4.78, 5) is 11.3. The molecule has 5 N–H and O–H groups in total. The number of hydrogen-bond donors (Lipinski definition) is 4. The zero-order valence-corrected chi connectivity index (χ0v) is 17.9. The molecular weight excluding hydrogens is 397 g/mol. The van der Waals surface area contributed by atoms with Crippen molar-refractivity contribution in [1.29, 1.82) is 0 Å². The Morgan fingerprint density at radius 3 is 2.41 bits per heavy atom. The van der Waals surface area contributed by atoms with Gasteiger partial charge in [0.05, 0.1) is 5.69 Å². The van der Waals surface area contributed by atoms with E-state index >= 15 is 0 Å². The molecule has 2 aromatic carbocycles. The zero-order chi connectivity index (χ0) is 22.2. The van der Waals surface area contributed by atoms with E-state index in [1.807, 2.05) is 13.8 Å². The van der Waals surface area contributed by atoms with E-state index in [0.717, 1.165) is 0 Å². The maximum Gasteiger partial charge on any atom is 0.263 e. The average Bonchev–Trinajstić information content (AvgIpc) is 2.66. The minimum Gasteiger partial charge on any atom is -0.398 e. The highest BCUT2D eigenvalue weighted by Gasteiger charge is 2.23. The van der Waals surface area contributed by atoms with E-state index in [2.05, 4.69) is 10.0 Å². The monoisotopic (exact) mass is 425 g/mol. The van der Waals surface area contributed by atoms with Gasteiger partial charge in [-0.2, -0.15) is 0 Å². The lowest BCUT2D eigenvalue weighted by Gasteiger charge is -2.19. The van der Waals surface area contributed by atoms with Crippen molar-refractivity contribution < 1.29 is 22.7 Å². The van der Waals surface area contributed by atoms with Crippen molar-refractivity contribution in [2.45, 2.75) is 45.4 Å². The SMILES string of the molecule is CC.CCO.Cc1cc(NS(=O)(=O)c2cc3c(cc2N)NC(=O)CC3)ccc1F. The number of halogens is 1. The third-order valence-electron chi connectivity index (χ3n) is 3.83. The fraction of sp³-hybridized carbons (Fsp3) is 0.350. The van der Waals surface area contributed by atoms with E-state index in [1.165, 1.54) is 30.3 Å². The van der Waals surface area contributed by atoms with Crippen molar-refractivity contribution in [1.82, 2.24) is 0 Å². The second kappa shape index (κ2) is 10.8. The second-order valence-electron chi connectivity index (χ2n) is 5.98. The fourth-order valence-corrected chi connectivity index (χ4v) is 3.79. The maximum absolute atomic E-state index is 13.3. The summed E-state index contributed by atoms with van der Waals surface area (Å²) in [6, 6.07) is 6.84. The smallest absolute Gasteiger partial charge is 0.263 e. The van der Waals surface area contributed by atoms with Crippen LogP contribution < -0.4 is 15.8 Å². The van der Waals surface area contributed by atoms with Crippen LogP contribution in [0.15, 0.2) is 35.2 Å². The number of aliphatic hydroxyl groups is 1. The molecular formula is C20H28FN3O4S. The van der Waals surface area contributed by atoms with Gasteiger partial charge in [-0.25, -0.2) is 12.8 Å². The number of nitrogen functional groups attached to an aromatic ring is 1. The molecule has 0 spiro atoms. The minimum absolute atomic E-state index is 0.0299. The molecule has 2 aromatic rings. The third kappa shape index (κ3) is 6.43. The Bertz CT molecular complexity index is 962. The summed E-state index contributed by atoms with van der Waals surface area (Å²) in [5.41, 5.74) is 7.70. The molecule has 0 aromatic heterocycles. The molecule has 160 valence electrons. The molecule has 1 aliphatic rings. The summed E-state index contributed by atoms with van der Waals surface area (Å²) in [7, 11) is -3.93. The number of hydrogen-bond acceptors (Lipinski definition) is 5. The molecule has 9 heteroatoms. The number of rotatable bonds is 3. The van der Waals surface area contributed by atoms with E-state index in [4.69, 9.17) is 10.8 Å². The van der Waals surface area contributed by atoms with Crippen LogP contribution in [0, 0.1) is 12.7 Å². The van der Waals surface area contributed by atoms with Gasteiger partial charge in [0.15, 0.2) is 0 Å². The molecule has 0 radical (unpaired) electrons. The molecule has 7 nitrogen and oxygen atoms in total. The standard InChI is InChI=1S/C16H16FN3O3S.C2H6O.C2H6/c1-9-6-11(3-4-12(9)17)20-24(22,23)15-7-10-2-5-16(21)19-14(10)8-13(15)18;1-2-3;1-2/h3-4,6-8,20H,2,5,18H2,1H3,(H,19,21);3H,2H2,1H3;1-2H3. The van der Waals surface area contributed by atoms with Crippen LogP contribution in [-0.2, 0) is 21.2 Å². The van der Waals surface area contributed by atoms with Crippen LogP contribution in [0.3, 0.4) is 0 Å². The second-order valence-corrected chi connectivity index (χ2v) is 7.63. The number of carbonyl (C=O) groups excluding carboxylic acids is 1. The van der Waals surface area contributed by atoms with Gasteiger partial charge in [0.1, 0.15) is 10.7 Å². The Balaban J connectivity index is 0.000000771. The summed E-state index contributed by atoms with van der Waals surface area (Å²) in [5, 5.41) is 10.2. The van der Waals surface area contributed by atoms with Gasteiger partial charge in [0, 0.05) is 24.4 Å². The highest BCUT2D eigenvalue weighted by Crippen LogP contribution is 2.31. The van der Waals surface area contributed by atoms with Gasteiger partial charge in [-0.3, -0.25) is 9.52 Å². The van der Waals surface area contributed by atoms with Gasteiger partial charge in [-0.1, -0.05) is 13.8 Å². The van der Waals surface area contributed by atoms with Crippen LogP contribution >= 0.6 is 0 Å². The van der Waals surface area contributed by atoms with Gasteiger partial charge in [0.2, 0.25) is 5.91 Å². The van der Waals surface area contributed by atoms with E-state index in [-0.39, 0.29) is 28.8 Å². The molecule has 0 saturated carbocycles. The molecule has 29 heavy (non-hydrogen) atoms. The summed E-state index contributed by atoms with van der Waals surface area (Å²) < 4.78 is 40.9. The Morgan fingerprint density at radius 1 is 1.21 bits per heavy atom. The van der Waals surface area contributed by atoms with E-state index < -0.39 is 15.8 Å². The molecule has 1 aliphatic heterocycles. The van der Waals surface area contributed by atoms with Crippen molar-refractivity contribution in [3.63, 3.8) is 0 Å². The molecule has 0 bridgehead atoms. The Morgan fingerprint density at radius 2 is 1.83 bits per heavy atom. The first-order chi connectivity index (χ1) is 13.7. The van der Waals surface area contributed by atoms with Crippen molar-refractivity contribution in [3.8, 4) is 0 Å². The number of carbonyl (C=O) groups is 1. The van der Waals surface area contributed by atoms with Crippen LogP contribution in [0.2, 0.25) is 0 Å². The van der Waals surface area contributed by atoms with Crippen molar-refractivity contribution >= 4 is 33.0 Å². The summed E-state index contributed by atoms with van der Waals surface area (Å²) in [5.74, 6) is -0.542. The van der Waals surface area contributed by atoms with Crippen LogP contribution in [-0.4, -0.2) is 26.0 Å². The number of sulfonamides is 1. The van der Waals surface area contributed by atoms with Gasteiger partial charge >= 0.3 is 0 Å². The molecule has 0 atom stereocenters. The van der Waals surface area contributed by atoms with Crippen molar-refractivity contribution in [2.75, 3.05) is 22.4 Å². The van der Waals surface area contributed by atoms with Gasteiger partial charge in [-0.15, -0.1) is 0 Å². The fourth-order valence-electron chi connectivity index (χ4n) is 2.57. The first-order valence-electron chi connectivity index (χ1n) is 9.30. The Labute approximate surface area is 171 Å². The number of nitrogens with one attached hydrogen (secondary N) is 2. The van der Waals surface area contributed by atoms with Crippen LogP contribution in [0.5, 0.6) is 0 Å². The number of amides is 1. The van der Waals surface area contributed by atoms with Gasteiger partial charge < -0.3 is 16.2 Å². The number of fused-ring (bicyclic) bond motifs is 1. The van der Waals surface area contributed by atoms with Crippen molar-refractivity contribution in [2.24, 2.45) is 0 Å². The normalized spacial score (nSPS) is 12.4. The van der Waals surface area contributed by atoms with Crippen LogP contribution in [0.1, 0.15) is 38.3 Å². The number of anilines is 3. The van der Waals surface area contributed by atoms with E-state index in [1.54, 1.807) is 13.8 Å². The zero-order valence-electron chi connectivity index (χ0n) is 17.0. The first-order valence-corrected chi connectivity index (χ1v) is 10.8. The predicted octanol–water partition coefficient (Wildman–Crippen LogP) is 3.43. The van der Waals surface area contributed by atoms with E-state index in [0.29, 0.717) is 29.7 Å². The van der Waals surface area contributed by atoms with Crippen LogP contribution in [0.25, 0.3) is 0 Å². The number of aryl methyl sites for hydroxylation is 2. The summed E-state index contributed by atoms with van der Waals surface area (Å²) in [6.45, 7) is 7.48. The molecule has 3 rings (SSSR count). The highest BCUT2D eigenvalue weighted by molar-refractivity contribution is 7.92. The molecule has 0 unspecified atom stereocenters. The lowest BCUT2D eigenvalue weighted by Crippen LogP contribution is -2.21. The van der Waals surface area contributed by atoms with Crippen LogP contribution in [0.4, 0.5) is 21.5 Å². The Kier molecular flexibility index (Phi) is 9.06. The topological polar surface area (TPSA) is 122 Å². The third-order valence-corrected chi connectivity index (χ3v) is 5.27. The molecule has 0 saturated heterocycles. The van der Waals surface area contributed by atoms with E-state index in [9.17, 15) is 17.6 Å². The number of benzene rings is 2. The number of nitrogens with two attached hydrogens (primary N) is 1. The quantitative estimate of drug-likeness (QED) is 0.561. The average molecular weight is 426 g/mol. The lowest BCUT2D eigenvalue weighted by molar-refractivity contribution is -0.116. The molecule has 1 heterocycles. The minimum atomic E-state index is -3.93. The summed E-state index contributed by atoms with van der Waals surface area (Å²) in [6.07, 6.45) is 0.737. The van der Waals surface area contributed by atoms with Gasteiger partial charge in [-0.05, 0) is 61.7 Å². The summed E-state index contributed by atoms with van der Waals surface area (Å²) >= 11 is 0. The Hall–Kier alpha value is -2.65. The van der Waals surface area contributed by atoms with Gasteiger partial charge in [0.25, 0.3) is 10.0 Å². The van der Waals surface area contributed by atoms with Crippen molar-refractivity contribution in [3.05, 3.63) is 47.3 Å². The number of aliphatic hydroxyl groups excluding tert-OH is 1. The molecule has 1 amide bonds. The highest BCUT2D eigenvalue weighted by atomic mass is 32.2. The lowest BCUT2D eigenvalue weighted by atomic mass is 10.0. The largest absolute Gasteiger partial charge is 0.398 e. The first kappa shape index (κ1) is 24.4.